The zero-order valence-electron chi connectivity index (χ0n) is 18.7. The molecule has 13 heteroatoms. The fraction of sp³-hybridized carbons (Fsp3) is 0.429. The SMILES string of the molecule is CC(N)C(=O)NC(CCC(N)=O)C(=O)NC(Cc1ccccc1)C(=O)NC(CC(N)=O)C(=O)O. The van der Waals surface area contributed by atoms with Gasteiger partial charge in [0, 0.05) is 12.8 Å². The van der Waals surface area contributed by atoms with Crippen LogP contribution in [-0.2, 0) is 35.2 Å². The fourth-order valence-electron chi connectivity index (χ4n) is 2.86. The predicted molar refractivity (Wildman–Crippen MR) is 119 cm³/mol. The Morgan fingerprint density at radius 3 is 1.85 bits per heavy atom. The second kappa shape index (κ2) is 13.5. The molecule has 0 aliphatic carbocycles. The second-order valence-electron chi connectivity index (χ2n) is 7.68. The molecule has 10 N–H and O–H groups in total. The summed E-state index contributed by atoms with van der Waals surface area (Å²) in [4.78, 5) is 71.6. The lowest BCUT2D eigenvalue weighted by molar-refractivity contribution is -0.143. The third-order valence-corrected chi connectivity index (χ3v) is 4.66. The summed E-state index contributed by atoms with van der Waals surface area (Å²) in [5.41, 5.74) is 16.3. The van der Waals surface area contributed by atoms with Crippen molar-refractivity contribution >= 4 is 35.5 Å². The van der Waals surface area contributed by atoms with Crippen molar-refractivity contribution in [1.82, 2.24) is 16.0 Å². The molecule has 0 fully saturated rings. The number of amides is 5. The van der Waals surface area contributed by atoms with Crippen LogP contribution in [-0.4, -0.2) is 64.8 Å². The Balaban J connectivity index is 3.12. The molecule has 0 aromatic heterocycles. The number of carboxylic acids is 1. The highest BCUT2D eigenvalue weighted by atomic mass is 16.4. The molecular formula is C21H30N6O7. The Kier molecular flexibility index (Phi) is 11.2. The topological polar surface area (TPSA) is 237 Å². The highest BCUT2D eigenvalue weighted by Crippen LogP contribution is 2.07. The first-order chi connectivity index (χ1) is 15.9. The normalized spacial score (nSPS) is 14.1. The molecule has 5 amide bonds. The van der Waals surface area contributed by atoms with Gasteiger partial charge < -0.3 is 38.3 Å². The molecule has 0 saturated heterocycles. The van der Waals surface area contributed by atoms with Gasteiger partial charge in [0.25, 0.3) is 0 Å². The van der Waals surface area contributed by atoms with E-state index in [4.69, 9.17) is 17.2 Å². The lowest BCUT2D eigenvalue weighted by Gasteiger charge is -2.25. The Morgan fingerprint density at radius 1 is 0.824 bits per heavy atom. The number of carboxylic acid groups (broad SMARTS) is 1. The summed E-state index contributed by atoms with van der Waals surface area (Å²) in [6.07, 6.45) is -1.07. The molecule has 0 radical (unpaired) electrons. The number of primary amides is 2. The molecule has 0 heterocycles. The van der Waals surface area contributed by atoms with E-state index >= 15 is 0 Å². The van der Waals surface area contributed by atoms with E-state index in [-0.39, 0.29) is 19.3 Å². The number of hydrogen-bond acceptors (Lipinski definition) is 7. The molecule has 0 aliphatic rings. The maximum atomic E-state index is 12.9. The number of carbonyl (C=O) groups is 6. The minimum atomic E-state index is -1.61. The number of carbonyl (C=O) groups excluding carboxylic acids is 5. The smallest absolute Gasteiger partial charge is 0.326 e. The molecule has 1 aromatic rings. The molecular weight excluding hydrogens is 448 g/mol. The number of nitrogens with one attached hydrogen (secondary N) is 3. The Hall–Kier alpha value is -4.00. The summed E-state index contributed by atoms with van der Waals surface area (Å²) in [5, 5.41) is 16.3. The van der Waals surface area contributed by atoms with E-state index in [1.807, 2.05) is 0 Å². The summed E-state index contributed by atoms with van der Waals surface area (Å²) in [6.45, 7) is 1.40. The summed E-state index contributed by atoms with van der Waals surface area (Å²) in [6, 6.07) is 3.45. The van der Waals surface area contributed by atoms with Gasteiger partial charge in [-0.1, -0.05) is 30.3 Å². The van der Waals surface area contributed by atoms with Crippen molar-refractivity contribution in [1.29, 1.82) is 0 Å². The predicted octanol–water partition coefficient (Wildman–Crippen LogP) is -2.74. The van der Waals surface area contributed by atoms with Crippen LogP contribution in [0.15, 0.2) is 30.3 Å². The number of aliphatic carboxylic acids is 1. The first-order valence-electron chi connectivity index (χ1n) is 10.4. The second-order valence-corrected chi connectivity index (χ2v) is 7.68. The lowest BCUT2D eigenvalue weighted by Crippen LogP contribution is -2.57. The molecule has 34 heavy (non-hydrogen) atoms. The zero-order valence-corrected chi connectivity index (χ0v) is 18.7. The summed E-state index contributed by atoms with van der Waals surface area (Å²) < 4.78 is 0. The lowest BCUT2D eigenvalue weighted by atomic mass is 10.0. The third-order valence-electron chi connectivity index (χ3n) is 4.66. The van der Waals surface area contributed by atoms with Crippen molar-refractivity contribution in [2.75, 3.05) is 0 Å². The highest BCUT2D eigenvalue weighted by molar-refractivity contribution is 5.95. The van der Waals surface area contributed by atoms with Crippen LogP contribution in [0.3, 0.4) is 0 Å². The van der Waals surface area contributed by atoms with E-state index in [0.717, 1.165) is 0 Å². The van der Waals surface area contributed by atoms with Crippen LogP contribution >= 0.6 is 0 Å². The molecule has 4 atom stereocenters. The van der Waals surface area contributed by atoms with E-state index in [2.05, 4.69) is 16.0 Å². The van der Waals surface area contributed by atoms with Crippen molar-refractivity contribution in [2.45, 2.75) is 56.8 Å². The third kappa shape index (κ3) is 10.1. The number of benzene rings is 1. The molecule has 4 unspecified atom stereocenters. The van der Waals surface area contributed by atoms with Crippen LogP contribution in [0, 0.1) is 0 Å². The quantitative estimate of drug-likeness (QED) is 0.148. The zero-order chi connectivity index (χ0) is 25.8. The minimum absolute atomic E-state index is 0.0366. The van der Waals surface area contributed by atoms with Gasteiger partial charge in [-0.15, -0.1) is 0 Å². The summed E-state index contributed by atoms with van der Waals surface area (Å²) >= 11 is 0. The van der Waals surface area contributed by atoms with Crippen LogP contribution in [0.5, 0.6) is 0 Å². The van der Waals surface area contributed by atoms with Gasteiger partial charge in [-0.05, 0) is 18.9 Å². The standard InChI is InChI=1S/C21H30N6O7/c1-11(22)18(30)25-13(7-8-16(23)28)19(31)26-14(9-12-5-3-2-4-6-12)20(32)27-15(21(33)34)10-17(24)29/h2-6,11,13-15H,7-10,22H2,1H3,(H2,23,28)(H2,24,29)(H,25,30)(H,26,31)(H,27,32)(H,33,34). The van der Waals surface area contributed by atoms with Crippen molar-refractivity contribution < 1.29 is 33.9 Å². The van der Waals surface area contributed by atoms with E-state index < -0.39 is 66.1 Å². The highest BCUT2D eigenvalue weighted by Gasteiger charge is 2.30. The Morgan fingerprint density at radius 2 is 1.35 bits per heavy atom. The van der Waals surface area contributed by atoms with Crippen LogP contribution < -0.4 is 33.2 Å². The molecule has 13 nitrogen and oxygen atoms in total. The van der Waals surface area contributed by atoms with Gasteiger partial charge in [0.05, 0.1) is 12.5 Å². The van der Waals surface area contributed by atoms with Gasteiger partial charge >= 0.3 is 5.97 Å². The van der Waals surface area contributed by atoms with Crippen LogP contribution in [0.2, 0.25) is 0 Å². The van der Waals surface area contributed by atoms with Crippen LogP contribution in [0.4, 0.5) is 0 Å². The van der Waals surface area contributed by atoms with Gasteiger partial charge in [-0.3, -0.25) is 24.0 Å². The molecule has 0 saturated carbocycles. The molecule has 0 bridgehead atoms. The molecule has 186 valence electrons. The summed E-state index contributed by atoms with van der Waals surface area (Å²) in [5.74, 6) is -5.50. The van der Waals surface area contributed by atoms with Crippen LogP contribution in [0.25, 0.3) is 0 Å². The van der Waals surface area contributed by atoms with Gasteiger partial charge in [-0.2, -0.15) is 0 Å². The van der Waals surface area contributed by atoms with Crippen molar-refractivity contribution in [3.8, 4) is 0 Å². The largest absolute Gasteiger partial charge is 0.480 e. The Labute approximate surface area is 195 Å². The fourth-order valence-corrected chi connectivity index (χ4v) is 2.86. The van der Waals surface area contributed by atoms with E-state index in [9.17, 15) is 33.9 Å². The van der Waals surface area contributed by atoms with E-state index in [1.165, 1.54) is 6.92 Å². The van der Waals surface area contributed by atoms with E-state index in [1.54, 1.807) is 30.3 Å². The summed E-state index contributed by atoms with van der Waals surface area (Å²) in [7, 11) is 0. The number of hydrogen-bond donors (Lipinski definition) is 7. The van der Waals surface area contributed by atoms with E-state index in [0.29, 0.717) is 5.56 Å². The van der Waals surface area contributed by atoms with Crippen molar-refractivity contribution in [3.05, 3.63) is 35.9 Å². The molecule has 1 rings (SSSR count). The number of rotatable bonds is 14. The molecule has 1 aromatic carbocycles. The van der Waals surface area contributed by atoms with Gasteiger partial charge in [0.2, 0.25) is 29.5 Å². The maximum absolute atomic E-state index is 12.9. The van der Waals surface area contributed by atoms with Gasteiger partial charge in [0.15, 0.2) is 0 Å². The van der Waals surface area contributed by atoms with Crippen molar-refractivity contribution in [3.63, 3.8) is 0 Å². The van der Waals surface area contributed by atoms with Gasteiger partial charge in [0.1, 0.15) is 18.1 Å². The Bertz CT molecular complexity index is 906. The minimum Gasteiger partial charge on any atom is -0.480 e. The molecule has 0 aliphatic heterocycles. The first kappa shape index (κ1) is 28.0. The average Bonchev–Trinajstić information content (AvgIpc) is 2.75. The van der Waals surface area contributed by atoms with Crippen molar-refractivity contribution in [2.24, 2.45) is 17.2 Å². The molecule has 0 spiro atoms. The number of nitrogens with two attached hydrogens (primary N) is 3. The first-order valence-corrected chi connectivity index (χ1v) is 10.4. The maximum Gasteiger partial charge on any atom is 0.326 e. The van der Waals surface area contributed by atoms with Crippen LogP contribution in [0.1, 0.15) is 31.7 Å². The monoisotopic (exact) mass is 478 g/mol. The average molecular weight is 479 g/mol. The van der Waals surface area contributed by atoms with Gasteiger partial charge in [-0.25, -0.2) is 4.79 Å².